The van der Waals surface area contributed by atoms with Gasteiger partial charge in [0.25, 0.3) is 5.91 Å². The zero-order valence-electron chi connectivity index (χ0n) is 9.77. The molecule has 0 atom stereocenters. The fourth-order valence-electron chi connectivity index (χ4n) is 1.39. The van der Waals surface area contributed by atoms with Crippen LogP contribution in [0, 0.1) is 5.92 Å². The van der Waals surface area contributed by atoms with Crippen LogP contribution in [0.1, 0.15) is 31.3 Å². The normalized spacial score (nSPS) is 10.6. The van der Waals surface area contributed by atoms with Crippen LogP contribution in [-0.4, -0.2) is 34.1 Å². The molecule has 0 N–H and O–H groups in total. The van der Waals surface area contributed by atoms with Crippen molar-refractivity contribution in [3.63, 3.8) is 0 Å². The van der Waals surface area contributed by atoms with Crippen LogP contribution < -0.4 is 0 Å². The van der Waals surface area contributed by atoms with E-state index in [1.54, 1.807) is 17.0 Å². The van der Waals surface area contributed by atoms with Crippen molar-refractivity contribution in [2.24, 2.45) is 5.92 Å². The Bertz CT molecular complexity index is 351. The highest BCUT2D eigenvalue weighted by molar-refractivity contribution is 6.29. The first-order valence-electron chi connectivity index (χ1n) is 5.33. The molecule has 1 aromatic heterocycles. The molecule has 4 nitrogen and oxygen atoms in total. The Morgan fingerprint density at radius 3 is 2.56 bits per heavy atom. The molecule has 1 aromatic rings. The highest BCUT2D eigenvalue weighted by Gasteiger charge is 2.16. The molecule has 1 amide bonds. The Morgan fingerprint density at radius 2 is 2.12 bits per heavy atom. The molecular weight excluding hydrogens is 226 g/mol. The van der Waals surface area contributed by atoms with Crippen LogP contribution in [0.5, 0.6) is 0 Å². The van der Waals surface area contributed by atoms with E-state index >= 15 is 0 Å². The first-order valence-corrected chi connectivity index (χ1v) is 5.71. The average molecular weight is 242 g/mol. The third-order valence-corrected chi connectivity index (χ3v) is 2.31. The molecule has 88 valence electrons. The molecule has 0 radical (unpaired) electrons. The summed E-state index contributed by atoms with van der Waals surface area (Å²) < 4.78 is 0. The molecule has 0 bridgehead atoms. The maximum absolute atomic E-state index is 12.0. The van der Waals surface area contributed by atoms with E-state index in [1.165, 1.54) is 0 Å². The van der Waals surface area contributed by atoms with Crippen molar-refractivity contribution < 1.29 is 4.79 Å². The largest absolute Gasteiger partial charge is 0.337 e. The van der Waals surface area contributed by atoms with Gasteiger partial charge in [0.05, 0.1) is 0 Å². The summed E-state index contributed by atoms with van der Waals surface area (Å²) in [5.41, 5.74) is 0.340. The Hall–Kier alpha value is -1.16. The van der Waals surface area contributed by atoms with E-state index < -0.39 is 0 Å². The molecule has 0 aromatic carbocycles. The van der Waals surface area contributed by atoms with Crippen molar-refractivity contribution in [1.82, 2.24) is 15.1 Å². The van der Waals surface area contributed by atoms with E-state index in [4.69, 9.17) is 11.6 Å². The predicted molar refractivity (Wildman–Crippen MR) is 63.5 cm³/mol. The van der Waals surface area contributed by atoms with Gasteiger partial charge in [0.2, 0.25) is 0 Å². The van der Waals surface area contributed by atoms with Crippen molar-refractivity contribution in [2.45, 2.75) is 20.8 Å². The second kappa shape index (κ2) is 5.80. The van der Waals surface area contributed by atoms with Crippen LogP contribution in [0.2, 0.25) is 5.15 Å². The second-order valence-corrected chi connectivity index (χ2v) is 4.37. The molecule has 0 unspecified atom stereocenters. The van der Waals surface area contributed by atoms with Gasteiger partial charge in [-0.1, -0.05) is 25.4 Å². The van der Waals surface area contributed by atoms with E-state index in [1.807, 2.05) is 6.92 Å². The summed E-state index contributed by atoms with van der Waals surface area (Å²) in [4.78, 5) is 13.8. The number of rotatable bonds is 4. The fraction of sp³-hybridized carbons (Fsp3) is 0.545. The minimum atomic E-state index is -0.0969. The number of aromatic nitrogens is 2. The number of amides is 1. The van der Waals surface area contributed by atoms with Gasteiger partial charge >= 0.3 is 0 Å². The van der Waals surface area contributed by atoms with Crippen molar-refractivity contribution in [2.75, 3.05) is 13.1 Å². The van der Waals surface area contributed by atoms with Gasteiger partial charge in [-0.25, -0.2) is 0 Å². The SMILES string of the molecule is CCN(CC(C)C)C(=O)c1ccc(Cl)nn1. The topological polar surface area (TPSA) is 46.1 Å². The number of carbonyl (C=O) groups excluding carboxylic acids is 1. The van der Waals surface area contributed by atoms with Gasteiger partial charge in [-0.2, -0.15) is 0 Å². The van der Waals surface area contributed by atoms with Gasteiger partial charge in [0, 0.05) is 13.1 Å². The Morgan fingerprint density at radius 1 is 1.44 bits per heavy atom. The number of hydrogen-bond donors (Lipinski definition) is 0. The third kappa shape index (κ3) is 3.45. The van der Waals surface area contributed by atoms with Crippen LogP contribution in [0.25, 0.3) is 0 Å². The van der Waals surface area contributed by atoms with Gasteiger partial charge in [-0.05, 0) is 25.0 Å². The van der Waals surface area contributed by atoms with Gasteiger partial charge in [-0.15, -0.1) is 10.2 Å². The Labute approximate surface area is 101 Å². The summed E-state index contributed by atoms with van der Waals surface area (Å²) >= 11 is 5.62. The zero-order valence-corrected chi connectivity index (χ0v) is 10.5. The van der Waals surface area contributed by atoms with Crippen LogP contribution >= 0.6 is 11.6 Å². The lowest BCUT2D eigenvalue weighted by atomic mass is 10.2. The first-order chi connectivity index (χ1) is 7.54. The van der Waals surface area contributed by atoms with Crippen LogP contribution in [0.15, 0.2) is 12.1 Å². The predicted octanol–water partition coefficient (Wildman–Crippen LogP) is 2.25. The lowest BCUT2D eigenvalue weighted by Gasteiger charge is -2.22. The van der Waals surface area contributed by atoms with E-state index in [-0.39, 0.29) is 5.91 Å². The van der Waals surface area contributed by atoms with Crippen molar-refractivity contribution in [3.8, 4) is 0 Å². The van der Waals surface area contributed by atoms with Crippen LogP contribution in [-0.2, 0) is 0 Å². The quantitative estimate of drug-likeness (QED) is 0.812. The highest BCUT2D eigenvalue weighted by Crippen LogP contribution is 2.07. The number of halogens is 1. The fourth-order valence-corrected chi connectivity index (χ4v) is 1.49. The minimum absolute atomic E-state index is 0.0969. The van der Waals surface area contributed by atoms with Crippen LogP contribution in [0.4, 0.5) is 0 Å². The summed E-state index contributed by atoms with van der Waals surface area (Å²) in [5.74, 6) is 0.338. The van der Waals surface area contributed by atoms with Crippen molar-refractivity contribution >= 4 is 17.5 Å². The molecule has 16 heavy (non-hydrogen) atoms. The van der Waals surface area contributed by atoms with E-state index in [0.717, 1.165) is 6.54 Å². The summed E-state index contributed by atoms with van der Waals surface area (Å²) in [6.07, 6.45) is 0. The summed E-state index contributed by atoms with van der Waals surface area (Å²) in [7, 11) is 0. The van der Waals surface area contributed by atoms with Crippen molar-refractivity contribution in [3.05, 3.63) is 23.0 Å². The molecule has 1 heterocycles. The molecule has 0 aliphatic heterocycles. The molecule has 1 rings (SSSR count). The molecule has 0 saturated heterocycles. The summed E-state index contributed by atoms with van der Waals surface area (Å²) in [6, 6.07) is 3.17. The average Bonchev–Trinajstić information content (AvgIpc) is 2.25. The minimum Gasteiger partial charge on any atom is -0.337 e. The highest BCUT2D eigenvalue weighted by atomic mass is 35.5. The number of carbonyl (C=O) groups is 1. The molecular formula is C11H16ClN3O. The number of hydrogen-bond acceptors (Lipinski definition) is 3. The van der Waals surface area contributed by atoms with Gasteiger partial charge in [0.1, 0.15) is 0 Å². The number of nitrogens with zero attached hydrogens (tertiary/aromatic N) is 3. The molecule has 5 heteroatoms. The maximum Gasteiger partial charge on any atom is 0.274 e. The Kier molecular flexibility index (Phi) is 4.68. The van der Waals surface area contributed by atoms with E-state index in [9.17, 15) is 4.79 Å². The first kappa shape index (κ1) is 12.9. The zero-order chi connectivity index (χ0) is 12.1. The molecule has 0 fully saturated rings. The Balaban J connectivity index is 2.78. The van der Waals surface area contributed by atoms with Gasteiger partial charge < -0.3 is 4.90 Å². The standard InChI is InChI=1S/C11H16ClN3O/c1-4-15(7-8(2)3)11(16)9-5-6-10(12)14-13-9/h5-6,8H,4,7H2,1-3H3. The molecule has 0 aliphatic carbocycles. The lowest BCUT2D eigenvalue weighted by molar-refractivity contribution is 0.0738. The molecule has 0 spiro atoms. The van der Waals surface area contributed by atoms with E-state index in [0.29, 0.717) is 23.3 Å². The summed E-state index contributed by atoms with van der Waals surface area (Å²) in [6.45, 7) is 7.48. The smallest absolute Gasteiger partial charge is 0.274 e. The molecule has 0 saturated carbocycles. The third-order valence-electron chi connectivity index (χ3n) is 2.11. The monoisotopic (exact) mass is 241 g/mol. The molecule has 0 aliphatic rings. The van der Waals surface area contributed by atoms with E-state index in [2.05, 4.69) is 24.0 Å². The van der Waals surface area contributed by atoms with Gasteiger partial charge in [0.15, 0.2) is 10.8 Å². The van der Waals surface area contributed by atoms with Gasteiger partial charge in [-0.3, -0.25) is 4.79 Å². The second-order valence-electron chi connectivity index (χ2n) is 3.98. The lowest BCUT2D eigenvalue weighted by Crippen LogP contribution is -2.34. The maximum atomic E-state index is 12.0. The van der Waals surface area contributed by atoms with Crippen molar-refractivity contribution in [1.29, 1.82) is 0 Å². The summed E-state index contributed by atoms with van der Waals surface area (Å²) in [5, 5.41) is 7.74. The van der Waals surface area contributed by atoms with Crippen LogP contribution in [0.3, 0.4) is 0 Å².